The van der Waals surface area contributed by atoms with Crippen LogP contribution in [0.3, 0.4) is 0 Å². The van der Waals surface area contributed by atoms with Crippen LogP contribution in [0, 0.1) is 6.92 Å². The molecule has 0 saturated heterocycles. The van der Waals surface area contributed by atoms with E-state index >= 15 is 0 Å². The third kappa shape index (κ3) is 4.81. The Morgan fingerprint density at radius 2 is 2.05 bits per heavy atom. The molecule has 0 spiro atoms. The number of hydrogen-bond acceptors (Lipinski definition) is 2. The van der Waals surface area contributed by atoms with E-state index < -0.39 is 0 Å². The molecule has 0 aromatic heterocycles. The van der Waals surface area contributed by atoms with Gasteiger partial charge in [0.05, 0.1) is 0 Å². The summed E-state index contributed by atoms with van der Waals surface area (Å²) in [5, 5.41) is 3.35. The molecule has 0 fully saturated rings. The van der Waals surface area contributed by atoms with Crippen molar-refractivity contribution < 1.29 is 0 Å². The summed E-state index contributed by atoms with van der Waals surface area (Å²) in [6.45, 7) is 7.16. The molecule has 0 aliphatic carbocycles. The van der Waals surface area contributed by atoms with Gasteiger partial charge in [0.25, 0.3) is 0 Å². The number of nitrogens with zero attached hydrogens (tertiary/aromatic N) is 3. The van der Waals surface area contributed by atoms with E-state index in [1.807, 2.05) is 19.0 Å². The Morgan fingerprint density at radius 3 is 2.58 bits per heavy atom. The van der Waals surface area contributed by atoms with Gasteiger partial charge >= 0.3 is 0 Å². The van der Waals surface area contributed by atoms with Crippen molar-refractivity contribution in [3.05, 3.63) is 29.8 Å². The topological polar surface area (TPSA) is 30.9 Å². The Hall–Kier alpha value is -1.71. The van der Waals surface area contributed by atoms with Crippen molar-refractivity contribution in [2.75, 3.05) is 45.7 Å². The second-order valence-electron chi connectivity index (χ2n) is 4.79. The summed E-state index contributed by atoms with van der Waals surface area (Å²) in [5.41, 5.74) is 2.58. The van der Waals surface area contributed by atoms with Crippen molar-refractivity contribution in [3.8, 4) is 0 Å². The molecule has 0 radical (unpaired) electrons. The summed E-state index contributed by atoms with van der Waals surface area (Å²) in [6, 6.07) is 8.63. The van der Waals surface area contributed by atoms with Crippen LogP contribution in [0.1, 0.15) is 12.5 Å². The first-order chi connectivity index (χ1) is 9.08. The van der Waals surface area contributed by atoms with E-state index in [1.165, 1.54) is 11.3 Å². The Balaban J connectivity index is 2.54. The molecule has 0 aliphatic heterocycles. The predicted molar refractivity (Wildman–Crippen MR) is 84.1 cm³/mol. The Morgan fingerprint density at radius 1 is 1.32 bits per heavy atom. The van der Waals surface area contributed by atoms with E-state index in [2.05, 4.69) is 53.3 Å². The number of anilines is 1. The van der Waals surface area contributed by atoms with Crippen LogP contribution >= 0.6 is 0 Å². The molecule has 4 heteroatoms. The molecule has 1 rings (SSSR count). The zero-order valence-corrected chi connectivity index (χ0v) is 12.8. The monoisotopic (exact) mass is 262 g/mol. The molecule has 1 aromatic rings. The average Bonchev–Trinajstić information content (AvgIpc) is 2.38. The van der Waals surface area contributed by atoms with Crippen LogP contribution in [0.15, 0.2) is 29.3 Å². The maximum atomic E-state index is 4.21. The number of aryl methyl sites for hydroxylation is 1. The Labute approximate surface area is 117 Å². The van der Waals surface area contributed by atoms with E-state index in [0.29, 0.717) is 0 Å². The lowest BCUT2D eigenvalue weighted by atomic mass is 10.2. The van der Waals surface area contributed by atoms with Crippen LogP contribution in [0.25, 0.3) is 0 Å². The van der Waals surface area contributed by atoms with E-state index in [-0.39, 0.29) is 0 Å². The minimum atomic E-state index is 0.882. The molecule has 4 nitrogen and oxygen atoms in total. The van der Waals surface area contributed by atoms with Crippen molar-refractivity contribution in [3.63, 3.8) is 0 Å². The summed E-state index contributed by atoms with van der Waals surface area (Å²) in [5.74, 6) is 0.917. The van der Waals surface area contributed by atoms with Crippen molar-refractivity contribution in [2.24, 2.45) is 4.99 Å². The quantitative estimate of drug-likeness (QED) is 0.650. The number of rotatable bonds is 5. The second-order valence-corrected chi connectivity index (χ2v) is 4.79. The fraction of sp³-hybridized carbons (Fsp3) is 0.533. The minimum Gasteiger partial charge on any atom is -0.370 e. The largest absolute Gasteiger partial charge is 0.370 e. The summed E-state index contributed by atoms with van der Waals surface area (Å²) in [6.07, 6.45) is 0. The first kappa shape index (κ1) is 15.3. The number of nitrogens with one attached hydrogen (secondary N) is 1. The Kier molecular flexibility index (Phi) is 6.19. The van der Waals surface area contributed by atoms with Gasteiger partial charge in [-0.15, -0.1) is 0 Å². The lowest BCUT2D eigenvalue weighted by Gasteiger charge is -2.25. The molecule has 106 valence electrons. The van der Waals surface area contributed by atoms with Gasteiger partial charge in [0.1, 0.15) is 0 Å². The smallest absolute Gasteiger partial charge is 0.193 e. The summed E-state index contributed by atoms with van der Waals surface area (Å²) in [7, 11) is 5.79. The van der Waals surface area contributed by atoms with Gasteiger partial charge in [-0.3, -0.25) is 4.99 Å². The lowest BCUT2D eigenvalue weighted by Crippen LogP contribution is -2.41. The van der Waals surface area contributed by atoms with E-state index in [9.17, 15) is 0 Å². The average molecular weight is 262 g/mol. The van der Waals surface area contributed by atoms with Gasteiger partial charge in [-0.2, -0.15) is 0 Å². The van der Waals surface area contributed by atoms with Crippen molar-refractivity contribution in [2.45, 2.75) is 13.8 Å². The van der Waals surface area contributed by atoms with E-state index in [1.54, 1.807) is 7.05 Å². The highest BCUT2D eigenvalue weighted by molar-refractivity contribution is 5.79. The first-order valence-corrected chi connectivity index (χ1v) is 6.78. The summed E-state index contributed by atoms with van der Waals surface area (Å²) in [4.78, 5) is 8.56. The predicted octanol–water partition coefficient (Wildman–Crippen LogP) is 1.96. The highest BCUT2D eigenvalue weighted by Gasteiger charge is 2.05. The molecule has 0 heterocycles. The van der Waals surface area contributed by atoms with E-state index in [0.717, 1.165) is 25.6 Å². The zero-order valence-electron chi connectivity index (χ0n) is 12.8. The third-order valence-electron chi connectivity index (χ3n) is 3.05. The molecular weight excluding hydrogens is 236 g/mol. The molecule has 0 atom stereocenters. The fourth-order valence-electron chi connectivity index (χ4n) is 2.03. The Bertz CT molecular complexity index is 412. The van der Waals surface area contributed by atoms with Gasteiger partial charge in [-0.05, 0) is 31.5 Å². The number of aliphatic imine (C=N–C) groups is 1. The van der Waals surface area contributed by atoms with Crippen LogP contribution in [0.4, 0.5) is 5.69 Å². The normalized spacial score (nSPS) is 11.3. The van der Waals surface area contributed by atoms with Gasteiger partial charge in [0.15, 0.2) is 5.96 Å². The molecule has 0 aliphatic rings. The van der Waals surface area contributed by atoms with Gasteiger partial charge in [0.2, 0.25) is 0 Å². The van der Waals surface area contributed by atoms with Gasteiger partial charge in [0, 0.05) is 46.5 Å². The number of likely N-dealkylation sites (N-methyl/N-ethyl adjacent to an activating group) is 1. The van der Waals surface area contributed by atoms with Crippen molar-refractivity contribution in [1.82, 2.24) is 10.2 Å². The molecule has 0 amide bonds. The highest BCUT2D eigenvalue weighted by atomic mass is 15.3. The highest BCUT2D eigenvalue weighted by Crippen LogP contribution is 2.14. The molecule has 0 bridgehead atoms. The van der Waals surface area contributed by atoms with Crippen LogP contribution in [0.5, 0.6) is 0 Å². The van der Waals surface area contributed by atoms with Crippen LogP contribution in [-0.2, 0) is 0 Å². The SMILES string of the molecule is CCN(CCNC(=NC)N(C)C)c1cccc(C)c1. The van der Waals surface area contributed by atoms with Crippen molar-refractivity contribution >= 4 is 11.6 Å². The molecule has 0 saturated carbocycles. The van der Waals surface area contributed by atoms with Gasteiger partial charge < -0.3 is 15.1 Å². The van der Waals surface area contributed by atoms with Crippen LogP contribution in [-0.4, -0.2) is 51.6 Å². The molecule has 0 unspecified atom stereocenters. The van der Waals surface area contributed by atoms with E-state index in [4.69, 9.17) is 0 Å². The first-order valence-electron chi connectivity index (χ1n) is 6.78. The second kappa shape index (κ2) is 7.67. The molecule has 19 heavy (non-hydrogen) atoms. The number of benzene rings is 1. The standard InChI is InChI=1S/C15H26N4/c1-6-19(14-9-7-8-13(2)12-14)11-10-17-15(16-3)18(4)5/h7-9,12H,6,10-11H2,1-5H3,(H,16,17). The van der Waals surface area contributed by atoms with Gasteiger partial charge in [-0.25, -0.2) is 0 Å². The number of hydrogen-bond donors (Lipinski definition) is 1. The van der Waals surface area contributed by atoms with Crippen molar-refractivity contribution in [1.29, 1.82) is 0 Å². The molecule has 1 N–H and O–H groups in total. The maximum Gasteiger partial charge on any atom is 0.193 e. The maximum absolute atomic E-state index is 4.21. The number of guanidine groups is 1. The van der Waals surface area contributed by atoms with Gasteiger partial charge in [-0.1, -0.05) is 12.1 Å². The minimum absolute atomic E-state index is 0.882. The van der Waals surface area contributed by atoms with Crippen LogP contribution in [0.2, 0.25) is 0 Å². The third-order valence-corrected chi connectivity index (χ3v) is 3.05. The summed E-state index contributed by atoms with van der Waals surface area (Å²) >= 11 is 0. The molecule has 1 aromatic carbocycles. The molecular formula is C15H26N4. The summed E-state index contributed by atoms with van der Waals surface area (Å²) < 4.78 is 0. The van der Waals surface area contributed by atoms with Crippen LogP contribution < -0.4 is 10.2 Å². The fourth-order valence-corrected chi connectivity index (χ4v) is 2.03. The lowest BCUT2D eigenvalue weighted by molar-refractivity contribution is 0.582. The zero-order chi connectivity index (χ0) is 14.3.